The van der Waals surface area contributed by atoms with Gasteiger partial charge in [0.15, 0.2) is 0 Å². The zero-order valence-electron chi connectivity index (χ0n) is 16.2. The van der Waals surface area contributed by atoms with Gasteiger partial charge in [-0.3, -0.25) is 9.69 Å². The predicted molar refractivity (Wildman–Crippen MR) is 119 cm³/mol. The van der Waals surface area contributed by atoms with Crippen molar-refractivity contribution >= 4 is 40.3 Å². The number of rotatable bonds is 7. The second-order valence-corrected chi connectivity index (χ2v) is 7.88. The van der Waals surface area contributed by atoms with Gasteiger partial charge < -0.3 is 9.47 Å². The number of hydrogen-bond acceptors (Lipinski definition) is 5. The maximum Gasteiger partial charge on any atom is 0.266 e. The zero-order chi connectivity index (χ0) is 20.1. The Morgan fingerprint density at radius 1 is 1.11 bits per heavy atom. The molecule has 2 aromatic rings. The second-order valence-electron chi connectivity index (χ2n) is 6.20. The maximum absolute atomic E-state index is 13.1. The molecule has 1 aliphatic heterocycles. The molecule has 0 saturated carbocycles. The maximum atomic E-state index is 13.1. The van der Waals surface area contributed by atoms with Crippen molar-refractivity contribution in [2.45, 2.75) is 26.8 Å². The van der Waals surface area contributed by atoms with Crippen LogP contribution in [0.25, 0.3) is 6.08 Å². The van der Waals surface area contributed by atoms with Crippen molar-refractivity contribution in [1.82, 2.24) is 4.90 Å². The summed E-state index contributed by atoms with van der Waals surface area (Å²) in [4.78, 5) is 15.3. The molecule has 1 atom stereocenters. The minimum Gasteiger partial charge on any atom is -0.494 e. The third-order valence-corrected chi connectivity index (χ3v) is 5.71. The number of benzene rings is 2. The van der Waals surface area contributed by atoms with Gasteiger partial charge >= 0.3 is 0 Å². The highest BCUT2D eigenvalue weighted by molar-refractivity contribution is 8.26. The molecule has 1 saturated heterocycles. The molecule has 2 aromatic carbocycles. The molecule has 1 aliphatic rings. The van der Waals surface area contributed by atoms with Crippen LogP contribution in [-0.2, 0) is 4.79 Å². The van der Waals surface area contributed by atoms with Crippen molar-refractivity contribution in [2.24, 2.45) is 0 Å². The normalized spacial score (nSPS) is 16.5. The van der Waals surface area contributed by atoms with Gasteiger partial charge in [0.05, 0.1) is 24.2 Å². The first kappa shape index (κ1) is 20.4. The number of amides is 1. The summed E-state index contributed by atoms with van der Waals surface area (Å²) in [6.45, 7) is 6.97. The van der Waals surface area contributed by atoms with Gasteiger partial charge in [0.1, 0.15) is 15.8 Å². The lowest BCUT2D eigenvalue weighted by atomic mass is 10.1. The number of thiocarbonyl (C=S) groups is 1. The topological polar surface area (TPSA) is 38.8 Å². The molecule has 1 amide bonds. The van der Waals surface area contributed by atoms with E-state index in [1.807, 2.05) is 75.4 Å². The molecule has 28 heavy (non-hydrogen) atoms. The summed E-state index contributed by atoms with van der Waals surface area (Å²) in [5.74, 6) is 1.35. The molecule has 0 bridgehead atoms. The van der Waals surface area contributed by atoms with Gasteiger partial charge in [0, 0.05) is 11.6 Å². The van der Waals surface area contributed by atoms with E-state index in [1.165, 1.54) is 11.8 Å². The van der Waals surface area contributed by atoms with Gasteiger partial charge in [-0.15, -0.1) is 0 Å². The number of carbonyl (C=O) groups is 1. The summed E-state index contributed by atoms with van der Waals surface area (Å²) in [6, 6.07) is 15.4. The first-order chi connectivity index (χ1) is 13.5. The van der Waals surface area contributed by atoms with Crippen LogP contribution in [0.1, 0.15) is 37.9 Å². The molecule has 0 aliphatic carbocycles. The van der Waals surface area contributed by atoms with E-state index in [1.54, 1.807) is 4.90 Å². The number of nitrogens with zero attached hydrogens (tertiary/aromatic N) is 1. The Balaban J connectivity index is 1.89. The Labute approximate surface area is 175 Å². The van der Waals surface area contributed by atoms with Crippen LogP contribution in [0, 0.1) is 0 Å². The quantitative estimate of drug-likeness (QED) is 0.446. The highest BCUT2D eigenvalue weighted by atomic mass is 32.2. The van der Waals surface area contributed by atoms with Crippen LogP contribution in [0.2, 0.25) is 0 Å². The molecular formula is C22H23NO3S2. The van der Waals surface area contributed by atoms with Gasteiger partial charge in [-0.05, 0) is 44.5 Å². The molecule has 146 valence electrons. The van der Waals surface area contributed by atoms with Crippen LogP contribution >= 0.6 is 24.0 Å². The second kappa shape index (κ2) is 9.26. The Kier molecular flexibility index (Phi) is 6.75. The van der Waals surface area contributed by atoms with Crippen molar-refractivity contribution in [2.75, 3.05) is 13.2 Å². The van der Waals surface area contributed by atoms with Crippen molar-refractivity contribution < 1.29 is 14.3 Å². The molecule has 0 aromatic heterocycles. The fraction of sp³-hybridized carbons (Fsp3) is 0.273. The first-order valence-corrected chi connectivity index (χ1v) is 10.5. The van der Waals surface area contributed by atoms with Gasteiger partial charge in [0.2, 0.25) is 0 Å². The van der Waals surface area contributed by atoms with Crippen molar-refractivity contribution in [3.05, 3.63) is 64.6 Å². The highest BCUT2D eigenvalue weighted by Crippen LogP contribution is 2.39. The molecule has 0 N–H and O–H groups in total. The first-order valence-electron chi connectivity index (χ1n) is 9.26. The molecule has 0 spiro atoms. The summed E-state index contributed by atoms with van der Waals surface area (Å²) in [5.41, 5.74) is 1.88. The summed E-state index contributed by atoms with van der Waals surface area (Å²) in [7, 11) is 0. The Morgan fingerprint density at radius 3 is 2.50 bits per heavy atom. The summed E-state index contributed by atoms with van der Waals surface area (Å²) in [6.07, 6.45) is 1.84. The molecule has 1 heterocycles. The van der Waals surface area contributed by atoms with Gasteiger partial charge in [-0.25, -0.2) is 0 Å². The molecule has 6 heteroatoms. The number of hydrogen-bond donors (Lipinski definition) is 0. The SMILES string of the molecule is CCOc1ccc(C=C2SC(=S)N(C(C)c3ccccc3)C2=O)c(OCC)c1. The van der Waals surface area contributed by atoms with Crippen LogP contribution in [0.5, 0.6) is 11.5 Å². The van der Waals surface area contributed by atoms with Crippen LogP contribution in [-0.4, -0.2) is 28.3 Å². The van der Waals surface area contributed by atoms with E-state index >= 15 is 0 Å². The lowest BCUT2D eigenvalue weighted by Crippen LogP contribution is -2.30. The largest absolute Gasteiger partial charge is 0.494 e. The number of carbonyl (C=O) groups excluding carboxylic acids is 1. The monoisotopic (exact) mass is 413 g/mol. The van der Waals surface area contributed by atoms with E-state index < -0.39 is 0 Å². The summed E-state index contributed by atoms with van der Waals surface area (Å²) < 4.78 is 11.9. The lowest BCUT2D eigenvalue weighted by molar-refractivity contribution is -0.123. The number of thioether (sulfide) groups is 1. The van der Waals surface area contributed by atoms with Gasteiger partial charge in [-0.2, -0.15) is 0 Å². The predicted octanol–water partition coefficient (Wildman–Crippen LogP) is 5.45. The van der Waals surface area contributed by atoms with E-state index in [9.17, 15) is 4.79 Å². The van der Waals surface area contributed by atoms with Crippen LogP contribution in [0.15, 0.2) is 53.4 Å². The third-order valence-electron chi connectivity index (χ3n) is 4.38. The number of ether oxygens (including phenoxy) is 2. The van der Waals surface area contributed by atoms with Crippen LogP contribution in [0.4, 0.5) is 0 Å². The van der Waals surface area contributed by atoms with Gasteiger partial charge in [-0.1, -0.05) is 54.3 Å². The van der Waals surface area contributed by atoms with E-state index in [2.05, 4.69) is 0 Å². The summed E-state index contributed by atoms with van der Waals surface area (Å²) in [5, 5.41) is 0. The lowest BCUT2D eigenvalue weighted by Gasteiger charge is -2.23. The molecule has 3 rings (SSSR count). The van der Waals surface area contributed by atoms with E-state index in [4.69, 9.17) is 21.7 Å². The average Bonchev–Trinajstić information content (AvgIpc) is 2.97. The molecular weight excluding hydrogens is 390 g/mol. The van der Waals surface area contributed by atoms with E-state index in [0.717, 1.165) is 16.9 Å². The fourth-order valence-corrected chi connectivity index (χ4v) is 4.42. The standard InChI is InChI=1S/C22H23NO3S2/c1-4-25-18-12-11-17(19(14-18)26-5-2)13-20-21(24)23(22(27)28-20)15(3)16-9-7-6-8-10-16/h6-15H,4-5H2,1-3H3. The van der Waals surface area contributed by atoms with Crippen LogP contribution in [0.3, 0.4) is 0 Å². The Hall–Kier alpha value is -2.31. The van der Waals surface area contributed by atoms with Gasteiger partial charge in [0.25, 0.3) is 5.91 Å². The van der Waals surface area contributed by atoms with Crippen molar-refractivity contribution in [3.63, 3.8) is 0 Å². The average molecular weight is 414 g/mol. The third kappa shape index (κ3) is 4.39. The van der Waals surface area contributed by atoms with Crippen molar-refractivity contribution in [1.29, 1.82) is 0 Å². The van der Waals surface area contributed by atoms with E-state index in [0.29, 0.717) is 28.2 Å². The molecule has 4 nitrogen and oxygen atoms in total. The minimum absolute atomic E-state index is 0.0808. The summed E-state index contributed by atoms with van der Waals surface area (Å²) >= 11 is 6.83. The van der Waals surface area contributed by atoms with Crippen LogP contribution < -0.4 is 9.47 Å². The minimum atomic E-state index is -0.119. The molecule has 0 radical (unpaired) electrons. The molecule has 1 fully saturated rings. The van der Waals surface area contributed by atoms with E-state index in [-0.39, 0.29) is 11.9 Å². The smallest absolute Gasteiger partial charge is 0.266 e. The Bertz CT molecular complexity index is 896. The highest BCUT2D eigenvalue weighted by Gasteiger charge is 2.36. The fourth-order valence-electron chi connectivity index (χ4n) is 3.01. The van der Waals surface area contributed by atoms with Crippen molar-refractivity contribution in [3.8, 4) is 11.5 Å². The molecule has 1 unspecified atom stereocenters. The Morgan fingerprint density at radius 2 is 1.82 bits per heavy atom. The zero-order valence-corrected chi connectivity index (χ0v) is 17.8.